The quantitative estimate of drug-likeness (QED) is 0.795. The van der Waals surface area contributed by atoms with Gasteiger partial charge in [0.2, 0.25) is 0 Å². The Morgan fingerprint density at radius 3 is 2.82 bits per heavy atom. The number of amides is 1. The zero-order chi connectivity index (χ0) is 16.1. The van der Waals surface area contributed by atoms with E-state index < -0.39 is 0 Å². The van der Waals surface area contributed by atoms with Crippen molar-refractivity contribution in [3.8, 4) is 17.6 Å². The van der Waals surface area contributed by atoms with Crippen molar-refractivity contribution in [2.45, 2.75) is 0 Å². The number of benzene rings is 1. The monoisotopic (exact) mass is 317 g/mol. The number of carbonyl (C=O) groups excluding carboxylic acids is 1. The molecule has 1 fully saturated rings. The van der Waals surface area contributed by atoms with E-state index in [1.54, 1.807) is 38.4 Å². The fraction of sp³-hybridized carbons (Fsp3) is 0.267. The third-order valence-electron chi connectivity index (χ3n) is 2.97. The van der Waals surface area contributed by atoms with Gasteiger partial charge in [-0.1, -0.05) is 6.07 Å². The Hall–Kier alpha value is -2.46. The van der Waals surface area contributed by atoms with E-state index in [2.05, 4.69) is 4.99 Å². The molecule has 1 aromatic rings. The summed E-state index contributed by atoms with van der Waals surface area (Å²) in [4.78, 5) is 18.3. The number of thioether (sulfide) groups is 1. The summed E-state index contributed by atoms with van der Waals surface area (Å²) in [5.41, 5.74) is 0.808. The number of nitrogens with zero attached hydrogens (tertiary/aromatic N) is 3. The summed E-state index contributed by atoms with van der Waals surface area (Å²) >= 11 is 1.33. The number of methoxy groups -OCH3 is 1. The Kier molecular flexibility index (Phi) is 5.07. The molecular weight excluding hydrogens is 302 g/mol. The molecule has 0 unspecified atom stereocenters. The molecule has 1 amide bonds. The molecule has 1 aliphatic rings. The van der Waals surface area contributed by atoms with E-state index in [1.807, 2.05) is 6.07 Å². The number of nitriles is 1. The van der Waals surface area contributed by atoms with Crippen LogP contribution in [0.2, 0.25) is 0 Å². The molecule has 22 heavy (non-hydrogen) atoms. The van der Waals surface area contributed by atoms with Crippen molar-refractivity contribution in [1.29, 1.82) is 5.26 Å². The second kappa shape index (κ2) is 7.00. The highest BCUT2D eigenvalue weighted by atomic mass is 32.2. The number of ether oxygens (including phenoxy) is 2. The van der Waals surface area contributed by atoms with E-state index in [4.69, 9.17) is 14.7 Å². The molecule has 0 radical (unpaired) electrons. The van der Waals surface area contributed by atoms with Gasteiger partial charge in [-0.3, -0.25) is 14.7 Å². The Balaban J connectivity index is 2.29. The Bertz CT molecular complexity index is 692. The largest absolute Gasteiger partial charge is 0.493 e. The molecule has 0 bridgehead atoms. The minimum absolute atomic E-state index is 0.0494. The molecule has 1 aliphatic heterocycles. The number of rotatable bonds is 4. The standard InChI is InChI=1S/C15H15N3O3S/c1-17-15-18(2)14(19)13(22-15)9-10-4-5-11(21-7-6-16)12(8-10)20-3/h4-5,8-9H,7H2,1-3H3. The number of carbonyl (C=O) groups is 1. The van der Waals surface area contributed by atoms with E-state index in [9.17, 15) is 4.79 Å². The van der Waals surface area contributed by atoms with Crippen LogP contribution in [0.5, 0.6) is 11.5 Å². The third-order valence-corrected chi connectivity index (χ3v) is 4.12. The molecule has 2 rings (SSSR count). The SMILES string of the molecule is CN=C1SC(=Cc2ccc(OCC#N)c(OC)c2)C(=O)N1C. The molecule has 1 heterocycles. The molecule has 114 valence electrons. The summed E-state index contributed by atoms with van der Waals surface area (Å²) in [6, 6.07) is 7.18. The van der Waals surface area contributed by atoms with Gasteiger partial charge < -0.3 is 9.47 Å². The van der Waals surface area contributed by atoms with Crippen molar-refractivity contribution >= 4 is 28.9 Å². The van der Waals surface area contributed by atoms with Crippen molar-refractivity contribution in [3.05, 3.63) is 28.7 Å². The maximum absolute atomic E-state index is 12.1. The Labute approximate surface area is 133 Å². The zero-order valence-corrected chi connectivity index (χ0v) is 13.3. The smallest absolute Gasteiger partial charge is 0.266 e. The lowest BCUT2D eigenvalue weighted by molar-refractivity contribution is -0.121. The third kappa shape index (κ3) is 3.23. The second-order valence-corrected chi connectivity index (χ2v) is 5.35. The lowest BCUT2D eigenvalue weighted by Gasteiger charge is -2.09. The molecule has 7 heteroatoms. The maximum Gasteiger partial charge on any atom is 0.266 e. The van der Waals surface area contributed by atoms with Crippen LogP contribution >= 0.6 is 11.8 Å². The Morgan fingerprint density at radius 1 is 1.45 bits per heavy atom. The van der Waals surface area contributed by atoms with E-state index in [0.717, 1.165) is 5.56 Å². The van der Waals surface area contributed by atoms with Crippen LogP contribution in [0.4, 0.5) is 0 Å². The van der Waals surface area contributed by atoms with Gasteiger partial charge in [0, 0.05) is 14.1 Å². The van der Waals surface area contributed by atoms with Gasteiger partial charge in [-0.2, -0.15) is 5.26 Å². The highest BCUT2D eigenvalue weighted by Crippen LogP contribution is 2.33. The first kappa shape index (κ1) is 15.9. The van der Waals surface area contributed by atoms with Gasteiger partial charge in [-0.25, -0.2) is 0 Å². The highest BCUT2D eigenvalue weighted by molar-refractivity contribution is 8.18. The van der Waals surface area contributed by atoms with Gasteiger partial charge >= 0.3 is 0 Å². The van der Waals surface area contributed by atoms with Crippen molar-refractivity contribution in [2.75, 3.05) is 27.8 Å². The molecule has 0 aliphatic carbocycles. The van der Waals surface area contributed by atoms with Crippen LogP contribution in [0, 0.1) is 11.3 Å². The van der Waals surface area contributed by atoms with E-state index in [1.165, 1.54) is 23.8 Å². The molecule has 0 saturated carbocycles. The Morgan fingerprint density at radius 2 is 2.23 bits per heavy atom. The van der Waals surface area contributed by atoms with Gasteiger partial charge in [-0.15, -0.1) is 0 Å². The number of hydrogen-bond donors (Lipinski definition) is 0. The van der Waals surface area contributed by atoms with E-state index in [0.29, 0.717) is 21.6 Å². The molecule has 0 atom stereocenters. The molecule has 0 N–H and O–H groups in total. The summed E-state index contributed by atoms with van der Waals surface area (Å²) in [7, 11) is 4.87. The van der Waals surface area contributed by atoms with Gasteiger partial charge in [-0.05, 0) is 35.5 Å². The predicted molar refractivity (Wildman–Crippen MR) is 85.8 cm³/mol. The summed E-state index contributed by atoms with van der Waals surface area (Å²) in [5, 5.41) is 9.22. The predicted octanol–water partition coefficient (Wildman–Crippen LogP) is 2.13. The van der Waals surface area contributed by atoms with Crippen LogP contribution in [0.1, 0.15) is 5.56 Å². The zero-order valence-electron chi connectivity index (χ0n) is 12.5. The average Bonchev–Trinajstić information content (AvgIpc) is 2.81. The summed E-state index contributed by atoms with van der Waals surface area (Å²) in [6.07, 6.45) is 1.78. The van der Waals surface area contributed by atoms with Crippen molar-refractivity contribution in [3.63, 3.8) is 0 Å². The van der Waals surface area contributed by atoms with Crippen molar-refractivity contribution in [2.24, 2.45) is 4.99 Å². The molecular formula is C15H15N3O3S. The first-order chi connectivity index (χ1) is 10.6. The first-order valence-corrected chi connectivity index (χ1v) is 7.24. The van der Waals surface area contributed by atoms with Gasteiger partial charge in [0.15, 0.2) is 23.3 Å². The highest BCUT2D eigenvalue weighted by Gasteiger charge is 2.29. The summed E-state index contributed by atoms with van der Waals surface area (Å²) < 4.78 is 10.5. The maximum atomic E-state index is 12.1. The minimum atomic E-state index is -0.0885. The van der Waals surface area contributed by atoms with Crippen LogP contribution in [0.15, 0.2) is 28.1 Å². The van der Waals surface area contributed by atoms with Crippen LogP contribution in [0.3, 0.4) is 0 Å². The lowest BCUT2D eigenvalue weighted by Crippen LogP contribution is -2.23. The minimum Gasteiger partial charge on any atom is -0.493 e. The molecule has 0 aromatic heterocycles. The van der Waals surface area contributed by atoms with Crippen LogP contribution in [-0.4, -0.2) is 43.8 Å². The molecule has 1 aromatic carbocycles. The molecule has 0 spiro atoms. The fourth-order valence-electron chi connectivity index (χ4n) is 1.90. The van der Waals surface area contributed by atoms with Gasteiger partial charge in [0.05, 0.1) is 12.0 Å². The van der Waals surface area contributed by atoms with Crippen molar-refractivity contribution in [1.82, 2.24) is 4.90 Å². The van der Waals surface area contributed by atoms with Crippen molar-refractivity contribution < 1.29 is 14.3 Å². The average molecular weight is 317 g/mol. The lowest BCUT2D eigenvalue weighted by atomic mass is 10.2. The van der Waals surface area contributed by atoms with E-state index in [-0.39, 0.29) is 12.5 Å². The number of aliphatic imine (C=N–C) groups is 1. The first-order valence-electron chi connectivity index (χ1n) is 6.43. The number of likely N-dealkylation sites (N-methyl/N-ethyl adjacent to an activating group) is 1. The van der Waals surface area contributed by atoms with Crippen LogP contribution < -0.4 is 9.47 Å². The second-order valence-electron chi connectivity index (χ2n) is 4.34. The fourth-order valence-corrected chi connectivity index (χ4v) is 2.83. The molecule has 6 nitrogen and oxygen atoms in total. The van der Waals surface area contributed by atoms with Gasteiger partial charge in [0.25, 0.3) is 5.91 Å². The van der Waals surface area contributed by atoms with Crippen LogP contribution in [-0.2, 0) is 4.79 Å². The number of hydrogen-bond acceptors (Lipinski definition) is 6. The topological polar surface area (TPSA) is 74.9 Å². The summed E-state index contributed by atoms with van der Waals surface area (Å²) in [5.74, 6) is 0.914. The number of amidine groups is 1. The van der Waals surface area contributed by atoms with E-state index >= 15 is 0 Å². The van der Waals surface area contributed by atoms with Crippen LogP contribution in [0.25, 0.3) is 6.08 Å². The normalized spacial score (nSPS) is 17.9. The van der Waals surface area contributed by atoms with Gasteiger partial charge in [0.1, 0.15) is 6.07 Å². The summed E-state index contributed by atoms with van der Waals surface area (Å²) in [6.45, 7) is -0.0494. The molecule has 1 saturated heterocycles.